The summed E-state index contributed by atoms with van der Waals surface area (Å²) >= 11 is 0. The van der Waals surface area contributed by atoms with Gasteiger partial charge in [-0.25, -0.2) is 0 Å². The van der Waals surface area contributed by atoms with Gasteiger partial charge in [-0.15, -0.1) is 0 Å². The number of hydrogen-bond acceptors (Lipinski definition) is 4. The van der Waals surface area contributed by atoms with Gasteiger partial charge in [-0.1, -0.05) is 91.0 Å². The highest BCUT2D eigenvalue weighted by Crippen LogP contribution is 2.41. The Morgan fingerprint density at radius 2 is 0.681 bits per heavy atom. The molecule has 0 aromatic heterocycles. The number of fused-ring (bicyclic) bond motifs is 4. The minimum atomic E-state index is -0.0272. The predicted octanol–water partition coefficient (Wildman–Crippen LogP) is 9.35. The summed E-state index contributed by atoms with van der Waals surface area (Å²) in [7, 11) is 0. The van der Waals surface area contributed by atoms with E-state index in [1.54, 1.807) is 0 Å². The molecule has 222 valence electrons. The van der Waals surface area contributed by atoms with Crippen molar-refractivity contribution >= 4 is 57.2 Å². The second kappa shape index (κ2) is 11.3. The molecule has 0 amide bonds. The maximum absolute atomic E-state index is 6.66. The molecule has 47 heavy (non-hydrogen) atoms. The Morgan fingerprint density at radius 1 is 0.319 bits per heavy atom. The van der Waals surface area contributed by atoms with Crippen molar-refractivity contribution in [3.63, 3.8) is 0 Å². The molecule has 0 N–H and O–H groups in total. The van der Waals surface area contributed by atoms with Crippen molar-refractivity contribution in [1.29, 1.82) is 0 Å². The van der Waals surface area contributed by atoms with Gasteiger partial charge in [-0.2, -0.15) is 0 Å². The zero-order chi connectivity index (χ0) is 31.2. The number of benzene rings is 7. The van der Waals surface area contributed by atoms with E-state index in [1.165, 1.54) is 0 Å². The van der Waals surface area contributed by atoms with Crippen LogP contribution in [0.1, 0.15) is 0 Å². The van der Waals surface area contributed by atoms with Crippen molar-refractivity contribution in [1.82, 2.24) is 0 Å². The van der Waals surface area contributed by atoms with E-state index >= 15 is 0 Å². The fourth-order valence-electron chi connectivity index (χ4n) is 6.88. The molecule has 7 aromatic rings. The highest BCUT2D eigenvalue weighted by Gasteiger charge is 2.40. The zero-order valence-corrected chi connectivity index (χ0v) is 25.5. The van der Waals surface area contributed by atoms with Crippen LogP contribution < -0.4 is 35.7 Å². The lowest BCUT2D eigenvalue weighted by Gasteiger charge is -2.34. The van der Waals surface area contributed by atoms with Crippen molar-refractivity contribution < 1.29 is 9.47 Å². The molecule has 0 unspecified atom stereocenters. The molecule has 7 aromatic carbocycles. The third-order valence-electron chi connectivity index (χ3n) is 8.94. The first-order valence-corrected chi connectivity index (χ1v) is 15.9. The lowest BCUT2D eigenvalue weighted by Crippen LogP contribution is -2.57. The van der Waals surface area contributed by atoms with Crippen molar-refractivity contribution in [3.05, 3.63) is 176 Å². The Hall–Kier alpha value is -6.20. The van der Waals surface area contributed by atoms with E-state index in [2.05, 4.69) is 143 Å². The van der Waals surface area contributed by atoms with Gasteiger partial charge in [0.1, 0.15) is 23.0 Å². The number of anilines is 6. The predicted molar refractivity (Wildman–Crippen MR) is 193 cm³/mol. The largest absolute Gasteiger partial charge is 0.458 e. The number of hydrogen-bond donors (Lipinski definition) is 0. The van der Waals surface area contributed by atoms with Crippen LogP contribution in [0.3, 0.4) is 0 Å². The summed E-state index contributed by atoms with van der Waals surface area (Å²) in [6.45, 7) is -0.0272. The van der Waals surface area contributed by atoms with Crippen molar-refractivity contribution in [2.24, 2.45) is 0 Å². The topological polar surface area (TPSA) is 24.9 Å². The van der Waals surface area contributed by atoms with Crippen LogP contribution >= 0.6 is 0 Å². The summed E-state index contributed by atoms with van der Waals surface area (Å²) < 4.78 is 13.3. The van der Waals surface area contributed by atoms with Gasteiger partial charge in [0.15, 0.2) is 0 Å². The molecule has 2 heterocycles. The van der Waals surface area contributed by atoms with Crippen LogP contribution in [0.25, 0.3) is 0 Å². The Balaban J connectivity index is 1.17. The molecule has 5 heteroatoms. The third kappa shape index (κ3) is 4.72. The summed E-state index contributed by atoms with van der Waals surface area (Å²) in [6.07, 6.45) is 0. The van der Waals surface area contributed by atoms with Crippen LogP contribution in [0.5, 0.6) is 23.0 Å². The molecule has 0 bridgehead atoms. The average molecular weight is 605 g/mol. The minimum absolute atomic E-state index is 0.0272. The molecule has 0 radical (unpaired) electrons. The zero-order valence-electron chi connectivity index (χ0n) is 25.5. The van der Waals surface area contributed by atoms with Gasteiger partial charge < -0.3 is 19.3 Å². The molecule has 0 spiro atoms. The van der Waals surface area contributed by atoms with Crippen molar-refractivity contribution in [2.45, 2.75) is 0 Å². The first-order valence-electron chi connectivity index (χ1n) is 15.9. The summed E-state index contributed by atoms with van der Waals surface area (Å²) in [4.78, 5) is 4.53. The quantitative estimate of drug-likeness (QED) is 0.177. The molecular weight excluding hydrogens is 575 g/mol. The SMILES string of the molecule is c1ccc(N(c2ccccc2)c2ccc3c(c2)Oc2cccc4c2B3c2ccc(N(c3ccccc3)c3ccccc3)cc2O4)cc1. The van der Waals surface area contributed by atoms with Crippen LogP contribution in [0, 0.1) is 0 Å². The second-order valence-electron chi connectivity index (χ2n) is 11.8. The van der Waals surface area contributed by atoms with Gasteiger partial charge in [0, 0.05) is 51.7 Å². The summed E-state index contributed by atoms with van der Waals surface area (Å²) in [6, 6.07) is 61.1. The van der Waals surface area contributed by atoms with Gasteiger partial charge in [0.2, 0.25) is 0 Å². The summed E-state index contributed by atoms with van der Waals surface area (Å²) in [5, 5.41) is 0. The summed E-state index contributed by atoms with van der Waals surface area (Å²) in [5.74, 6) is 3.35. The highest BCUT2D eigenvalue weighted by atomic mass is 16.5. The van der Waals surface area contributed by atoms with E-state index in [9.17, 15) is 0 Å². The molecule has 0 atom stereocenters. The highest BCUT2D eigenvalue weighted by molar-refractivity contribution is 6.98. The molecule has 0 fully saturated rings. The fraction of sp³-hybridized carbons (Fsp3) is 0. The molecule has 9 rings (SSSR count). The van der Waals surface area contributed by atoms with Crippen molar-refractivity contribution in [2.75, 3.05) is 9.80 Å². The van der Waals surface area contributed by atoms with E-state index in [4.69, 9.17) is 9.47 Å². The van der Waals surface area contributed by atoms with Gasteiger partial charge >= 0.3 is 0 Å². The number of para-hydroxylation sites is 4. The molecule has 4 nitrogen and oxygen atoms in total. The smallest absolute Gasteiger partial charge is 0.260 e. The van der Waals surface area contributed by atoms with Crippen LogP contribution in [0.4, 0.5) is 34.1 Å². The normalized spacial score (nSPS) is 12.1. The van der Waals surface area contributed by atoms with Crippen molar-refractivity contribution in [3.8, 4) is 23.0 Å². The van der Waals surface area contributed by atoms with E-state index in [0.29, 0.717) is 0 Å². The van der Waals surface area contributed by atoms with E-state index < -0.39 is 0 Å². The summed E-state index contributed by atoms with van der Waals surface area (Å²) in [5.41, 5.74) is 9.72. The number of nitrogens with zero attached hydrogens (tertiary/aromatic N) is 2. The average Bonchev–Trinajstić information content (AvgIpc) is 3.13. The lowest BCUT2D eigenvalue weighted by molar-refractivity contribution is 0.464. The van der Waals surface area contributed by atoms with E-state index in [1.807, 2.05) is 42.5 Å². The lowest BCUT2D eigenvalue weighted by atomic mass is 9.35. The first-order chi connectivity index (χ1) is 23.3. The number of ether oxygens (including phenoxy) is 2. The molecule has 2 aliphatic rings. The first kappa shape index (κ1) is 27.1. The fourth-order valence-corrected chi connectivity index (χ4v) is 6.88. The second-order valence-corrected chi connectivity index (χ2v) is 11.8. The van der Waals surface area contributed by atoms with Crippen LogP contribution in [0.15, 0.2) is 176 Å². The number of rotatable bonds is 6. The third-order valence-corrected chi connectivity index (χ3v) is 8.94. The van der Waals surface area contributed by atoms with Gasteiger partial charge in [-0.05, 0) is 83.7 Å². The molecule has 0 aliphatic carbocycles. The van der Waals surface area contributed by atoms with Gasteiger partial charge in [0.25, 0.3) is 6.71 Å². The Kier molecular flexibility index (Phi) is 6.53. The Morgan fingerprint density at radius 3 is 1.04 bits per heavy atom. The standard InChI is InChI=1S/C42H29BN2O2/c1-5-14-30(15-6-1)44(31-16-7-2-8-17-31)34-24-26-36-40(28-34)46-38-22-13-23-39-42(38)43(36)37-27-25-35(29-41(37)47-39)45(32-18-9-3-10-19-32)33-20-11-4-12-21-33/h1-29H. The Labute approximate surface area is 274 Å². The Bertz CT molecular complexity index is 1980. The monoisotopic (exact) mass is 604 g/mol. The maximum atomic E-state index is 6.66. The van der Waals surface area contributed by atoms with Gasteiger partial charge in [-0.3, -0.25) is 0 Å². The van der Waals surface area contributed by atoms with E-state index in [0.717, 1.165) is 73.5 Å². The molecular formula is C42H29BN2O2. The van der Waals surface area contributed by atoms with Crippen LogP contribution in [-0.2, 0) is 0 Å². The minimum Gasteiger partial charge on any atom is -0.458 e. The van der Waals surface area contributed by atoms with Gasteiger partial charge in [0.05, 0.1) is 0 Å². The van der Waals surface area contributed by atoms with Crippen LogP contribution in [-0.4, -0.2) is 6.71 Å². The molecule has 0 saturated carbocycles. The maximum Gasteiger partial charge on any atom is 0.260 e. The van der Waals surface area contributed by atoms with Crippen LogP contribution in [0.2, 0.25) is 0 Å². The van der Waals surface area contributed by atoms with E-state index in [-0.39, 0.29) is 6.71 Å². The molecule has 0 saturated heterocycles. The molecule has 2 aliphatic heterocycles.